The van der Waals surface area contributed by atoms with E-state index in [4.69, 9.17) is 6.57 Å². The van der Waals surface area contributed by atoms with Crippen LogP contribution >= 0.6 is 0 Å². The fourth-order valence-electron chi connectivity index (χ4n) is 1.67. The molecular weight excluding hydrogens is 329 g/mol. The van der Waals surface area contributed by atoms with Crippen molar-refractivity contribution in [2.24, 2.45) is 0 Å². The first-order valence-corrected chi connectivity index (χ1v) is 3.86. The van der Waals surface area contributed by atoms with Crippen molar-refractivity contribution in [3.63, 3.8) is 0 Å². The zero-order valence-corrected chi connectivity index (χ0v) is 8.84. The maximum absolute atomic E-state index is 6.96. The SMILES string of the molecule is [C-]#[N+]C1CCc2ccccc21.[Pt]. The Morgan fingerprint density at radius 1 is 1.33 bits per heavy atom. The molecule has 0 saturated carbocycles. The predicted molar refractivity (Wildman–Crippen MR) is 44.1 cm³/mol. The third-order valence-electron chi connectivity index (χ3n) is 2.26. The molecule has 1 aromatic carbocycles. The molecule has 0 spiro atoms. The minimum Gasteiger partial charge on any atom is -0.308 e. The van der Waals surface area contributed by atoms with Gasteiger partial charge in [-0.15, -0.1) is 0 Å². The van der Waals surface area contributed by atoms with E-state index in [-0.39, 0.29) is 27.1 Å². The molecule has 1 atom stereocenters. The summed E-state index contributed by atoms with van der Waals surface area (Å²) < 4.78 is 0. The van der Waals surface area contributed by atoms with E-state index in [0.29, 0.717) is 0 Å². The summed E-state index contributed by atoms with van der Waals surface area (Å²) >= 11 is 0. The van der Waals surface area contributed by atoms with E-state index in [0.717, 1.165) is 12.8 Å². The molecule has 1 nitrogen and oxygen atoms in total. The molecule has 2 heteroatoms. The van der Waals surface area contributed by atoms with Gasteiger partial charge in [-0.25, -0.2) is 6.57 Å². The van der Waals surface area contributed by atoms with Crippen molar-refractivity contribution < 1.29 is 21.1 Å². The molecule has 0 aliphatic heterocycles. The number of hydrogen-bond donors (Lipinski definition) is 0. The maximum Gasteiger partial charge on any atom is 0.249 e. The molecule has 1 unspecified atom stereocenters. The summed E-state index contributed by atoms with van der Waals surface area (Å²) in [4.78, 5) is 3.58. The van der Waals surface area contributed by atoms with Crippen molar-refractivity contribution >= 4 is 0 Å². The fraction of sp³-hybridized carbons (Fsp3) is 0.300. The average molecular weight is 338 g/mol. The van der Waals surface area contributed by atoms with Gasteiger partial charge in [0.1, 0.15) is 0 Å². The standard InChI is InChI=1S/C10H9N.Pt/c1-11-10-7-6-8-4-2-3-5-9(8)10;/h2-5,10H,6-7H2;. The van der Waals surface area contributed by atoms with Gasteiger partial charge in [0.25, 0.3) is 0 Å². The van der Waals surface area contributed by atoms with Crippen molar-refractivity contribution in [2.45, 2.75) is 18.9 Å². The van der Waals surface area contributed by atoms with Gasteiger partial charge in [0.05, 0.1) is 0 Å². The third kappa shape index (κ3) is 1.45. The summed E-state index contributed by atoms with van der Waals surface area (Å²) in [5.74, 6) is 0. The van der Waals surface area contributed by atoms with Gasteiger partial charge in [-0.1, -0.05) is 24.3 Å². The first-order chi connectivity index (χ1) is 5.42. The Bertz CT molecular complexity index is 314. The van der Waals surface area contributed by atoms with Crippen LogP contribution in [0.5, 0.6) is 0 Å². The summed E-state index contributed by atoms with van der Waals surface area (Å²) in [6.07, 6.45) is 2.10. The van der Waals surface area contributed by atoms with Crippen LogP contribution in [0.2, 0.25) is 0 Å². The van der Waals surface area contributed by atoms with E-state index in [1.54, 1.807) is 0 Å². The van der Waals surface area contributed by atoms with E-state index in [1.165, 1.54) is 11.1 Å². The van der Waals surface area contributed by atoms with Gasteiger partial charge in [0.15, 0.2) is 0 Å². The number of fused-ring (bicyclic) bond motifs is 1. The van der Waals surface area contributed by atoms with Gasteiger partial charge in [-0.3, -0.25) is 0 Å². The van der Waals surface area contributed by atoms with Gasteiger partial charge in [-0.2, -0.15) is 0 Å². The van der Waals surface area contributed by atoms with E-state index in [9.17, 15) is 0 Å². The Morgan fingerprint density at radius 3 is 2.83 bits per heavy atom. The molecule has 12 heavy (non-hydrogen) atoms. The second-order valence-corrected chi connectivity index (χ2v) is 2.88. The minimum atomic E-state index is 0. The smallest absolute Gasteiger partial charge is 0.249 e. The monoisotopic (exact) mass is 338 g/mol. The third-order valence-corrected chi connectivity index (χ3v) is 2.26. The fourth-order valence-corrected chi connectivity index (χ4v) is 1.67. The van der Waals surface area contributed by atoms with Crippen LogP contribution < -0.4 is 0 Å². The van der Waals surface area contributed by atoms with Crippen molar-refractivity contribution in [1.82, 2.24) is 0 Å². The molecule has 1 aliphatic carbocycles. The summed E-state index contributed by atoms with van der Waals surface area (Å²) in [5, 5.41) is 0. The minimum absolute atomic E-state index is 0. The van der Waals surface area contributed by atoms with E-state index >= 15 is 0 Å². The second kappa shape index (κ2) is 3.87. The number of nitrogens with zero attached hydrogens (tertiary/aromatic N) is 1. The number of aryl methyl sites for hydroxylation is 1. The van der Waals surface area contributed by atoms with Gasteiger partial charge in [-0.05, 0) is 12.0 Å². The molecule has 0 amide bonds. The first-order valence-electron chi connectivity index (χ1n) is 3.86. The van der Waals surface area contributed by atoms with Crippen LogP contribution in [0.3, 0.4) is 0 Å². The summed E-state index contributed by atoms with van der Waals surface area (Å²) in [5.41, 5.74) is 2.62. The molecule has 0 N–H and O–H groups in total. The Balaban J connectivity index is 0.000000720. The molecule has 0 aromatic heterocycles. The molecule has 0 heterocycles. The van der Waals surface area contributed by atoms with Crippen LogP contribution in [0.4, 0.5) is 0 Å². The molecule has 1 aromatic rings. The molecular formula is C10H9NPt. The number of hydrogen-bond acceptors (Lipinski definition) is 0. The normalized spacial score (nSPS) is 19.1. The quantitative estimate of drug-likeness (QED) is 0.641. The number of benzene rings is 1. The molecule has 64 valence electrons. The Morgan fingerprint density at radius 2 is 2.08 bits per heavy atom. The molecule has 0 radical (unpaired) electrons. The first kappa shape index (κ1) is 9.49. The van der Waals surface area contributed by atoms with Crippen molar-refractivity contribution in [3.8, 4) is 0 Å². The Hall–Kier alpha value is -0.602. The number of rotatable bonds is 0. The molecule has 0 bridgehead atoms. The summed E-state index contributed by atoms with van der Waals surface area (Å²) in [6.45, 7) is 6.96. The van der Waals surface area contributed by atoms with Gasteiger partial charge in [0, 0.05) is 33.0 Å². The van der Waals surface area contributed by atoms with Crippen molar-refractivity contribution in [3.05, 3.63) is 46.8 Å². The van der Waals surface area contributed by atoms with Gasteiger partial charge < -0.3 is 4.85 Å². The average Bonchev–Trinajstić information content (AvgIpc) is 2.47. The predicted octanol–water partition coefficient (Wildman–Crippen LogP) is 2.59. The summed E-state index contributed by atoms with van der Waals surface area (Å²) in [6, 6.07) is 8.41. The van der Waals surface area contributed by atoms with Crippen LogP contribution in [0.1, 0.15) is 23.6 Å². The van der Waals surface area contributed by atoms with Crippen LogP contribution in [-0.2, 0) is 27.5 Å². The van der Waals surface area contributed by atoms with Crippen molar-refractivity contribution in [2.75, 3.05) is 0 Å². The molecule has 1 aliphatic rings. The second-order valence-electron chi connectivity index (χ2n) is 2.88. The van der Waals surface area contributed by atoms with Crippen LogP contribution in [-0.4, -0.2) is 0 Å². The van der Waals surface area contributed by atoms with E-state index < -0.39 is 0 Å². The van der Waals surface area contributed by atoms with Gasteiger partial charge in [0.2, 0.25) is 6.04 Å². The molecule has 2 rings (SSSR count). The van der Waals surface area contributed by atoms with Crippen LogP contribution in [0.25, 0.3) is 4.85 Å². The van der Waals surface area contributed by atoms with Crippen LogP contribution in [0.15, 0.2) is 24.3 Å². The summed E-state index contributed by atoms with van der Waals surface area (Å²) in [7, 11) is 0. The molecule has 0 saturated heterocycles. The Labute approximate surface area is 86.9 Å². The zero-order valence-electron chi connectivity index (χ0n) is 6.56. The van der Waals surface area contributed by atoms with E-state index in [1.807, 2.05) is 12.1 Å². The topological polar surface area (TPSA) is 4.36 Å². The van der Waals surface area contributed by atoms with Gasteiger partial charge >= 0.3 is 0 Å². The largest absolute Gasteiger partial charge is 0.308 e. The zero-order chi connectivity index (χ0) is 7.68. The maximum atomic E-state index is 6.96. The molecule has 0 fully saturated rings. The van der Waals surface area contributed by atoms with E-state index in [2.05, 4.69) is 17.0 Å². The van der Waals surface area contributed by atoms with Crippen LogP contribution in [0, 0.1) is 6.57 Å². The Kier molecular flexibility index (Phi) is 3.06. The van der Waals surface area contributed by atoms with Crippen molar-refractivity contribution in [1.29, 1.82) is 0 Å².